The van der Waals surface area contributed by atoms with Crippen LogP contribution in [0.5, 0.6) is 0 Å². The minimum atomic E-state index is -4.52. The molecule has 0 aliphatic heterocycles. The van der Waals surface area contributed by atoms with Crippen molar-refractivity contribution in [3.8, 4) is 0 Å². The van der Waals surface area contributed by atoms with Crippen molar-refractivity contribution >= 4 is 36.0 Å². The van der Waals surface area contributed by atoms with Gasteiger partial charge in [-0.2, -0.15) is 0 Å². The summed E-state index contributed by atoms with van der Waals surface area (Å²) < 4.78 is 10.3. The topological polar surface area (TPSA) is 63.2 Å². The minimum Gasteiger partial charge on any atom is -0.807 e. The number of rotatable bonds is 1. The number of hydrogen-bond donors (Lipinski definition) is 0. The Morgan fingerprint density at radius 3 is 1.82 bits per heavy atom. The van der Waals surface area contributed by atoms with Gasteiger partial charge in [-0.1, -0.05) is 30.3 Å². The van der Waals surface area contributed by atoms with E-state index in [4.69, 9.17) is 0 Å². The van der Waals surface area contributed by atoms with E-state index in [0.29, 0.717) is 0 Å². The Kier molecular flexibility index (Phi) is 4.29. The van der Waals surface area contributed by atoms with Crippen LogP contribution in [-0.2, 0) is 4.57 Å². The molecule has 3 nitrogen and oxygen atoms in total. The predicted octanol–water partition coefficient (Wildman–Crippen LogP) is -1.16. The molecule has 1 rings (SSSR count). The molecule has 0 amide bonds. The first-order valence-corrected chi connectivity index (χ1v) is 4.22. The first-order valence-electron chi connectivity index (χ1n) is 2.68. The van der Waals surface area contributed by atoms with E-state index in [1.165, 1.54) is 24.3 Å². The molecule has 11 heavy (non-hydrogen) atoms. The quantitative estimate of drug-likeness (QED) is 0.405. The average Bonchev–Trinajstić information content (AvgIpc) is 1.88. The van der Waals surface area contributed by atoms with Crippen LogP contribution >= 0.6 is 7.60 Å². The Morgan fingerprint density at radius 1 is 1.09 bits per heavy atom. The zero-order valence-corrected chi connectivity index (χ0v) is 8.07. The molecule has 5 heteroatoms. The molecule has 0 atom stereocenters. The predicted molar refractivity (Wildman–Crippen MR) is 39.4 cm³/mol. The molecule has 0 bridgehead atoms. The van der Waals surface area contributed by atoms with E-state index >= 15 is 0 Å². The molecule has 0 aliphatic rings. The van der Waals surface area contributed by atoms with Gasteiger partial charge in [0.15, 0.2) is 0 Å². The largest absolute Gasteiger partial charge is 2.00 e. The Hall–Kier alpha value is 0.136. The van der Waals surface area contributed by atoms with Gasteiger partial charge in [0, 0.05) is 0 Å². The minimum absolute atomic E-state index is 0. The fourth-order valence-corrected chi connectivity index (χ4v) is 1.15. The number of benzene rings is 1. The summed E-state index contributed by atoms with van der Waals surface area (Å²) in [6.45, 7) is 0. The van der Waals surface area contributed by atoms with Crippen molar-refractivity contribution in [3.05, 3.63) is 30.3 Å². The van der Waals surface area contributed by atoms with Crippen molar-refractivity contribution < 1.29 is 14.4 Å². The van der Waals surface area contributed by atoms with Gasteiger partial charge in [0.25, 0.3) is 0 Å². The maximum Gasteiger partial charge on any atom is 2.00 e. The smallest absolute Gasteiger partial charge is 0.807 e. The third-order valence-electron chi connectivity index (χ3n) is 1.07. The second-order valence-corrected chi connectivity index (χ2v) is 3.34. The van der Waals surface area contributed by atoms with E-state index in [1.54, 1.807) is 6.07 Å². The third-order valence-corrected chi connectivity index (χ3v) is 2.00. The van der Waals surface area contributed by atoms with Gasteiger partial charge < -0.3 is 14.4 Å². The summed E-state index contributed by atoms with van der Waals surface area (Å²) in [5.41, 5.74) is 0. The molecule has 0 saturated carbocycles. The second kappa shape index (κ2) is 4.23. The molecule has 0 unspecified atom stereocenters. The zero-order valence-electron chi connectivity index (χ0n) is 5.77. The van der Waals surface area contributed by atoms with Crippen LogP contribution in [0.4, 0.5) is 0 Å². The molecule has 54 valence electrons. The van der Waals surface area contributed by atoms with E-state index in [0.717, 1.165) is 0 Å². The molecule has 0 radical (unpaired) electrons. The molecule has 0 N–H and O–H groups in total. The van der Waals surface area contributed by atoms with Crippen LogP contribution < -0.4 is 15.1 Å². The van der Waals surface area contributed by atoms with Crippen molar-refractivity contribution in [1.82, 2.24) is 0 Å². The summed E-state index contributed by atoms with van der Waals surface area (Å²) >= 11 is 0. The normalized spacial score (nSPS) is 10.4. The molecule has 0 fully saturated rings. The van der Waals surface area contributed by atoms with Crippen molar-refractivity contribution in [1.29, 1.82) is 0 Å². The van der Waals surface area contributed by atoms with Gasteiger partial charge in [-0.05, 0) is 12.9 Å². The third kappa shape index (κ3) is 3.36. The summed E-state index contributed by atoms with van der Waals surface area (Å²) in [7, 11) is -4.52. The molecule has 1 aromatic carbocycles. The van der Waals surface area contributed by atoms with Gasteiger partial charge in [0.05, 0.1) is 0 Å². The fraction of sp³-hybridized carbons (Fsp3) is 0. The molecule has 0 spiro atoms. The summed E-state index contributed by atoms with van der Waals surface area (Å²) in [5.74, 6) is 0. The van der Waals surface area contributed by atoms with Gasteiger partial charge >= 0.3 is 23.1 Å². The van der Waals surface area contributed by atoms with E-state index in [2.05, 4.69) is 0 Å². The molecule has 0 aliphatic carbocycles. The Morgan fingerprint density at radius 2 is 1.55 bits per heavy atom. The van der Waals surface area contributed by atoms with Crippen LogP contribution in [0.2, 0.25) is 0 Å². The molecular weight excluding hydrogens is 175 g/mol. The van der Waals surface area contributed by atoms with Gasteiger partial charge in [0.1, 0.15) is 0 Å². The summed E-state index contributed by atoms with van der Waals surface area (Å²) in [5, 5.41) is -0.157. The fourth-order valence-electron chi connectivity index (χ4n) is 0.611. The standard InChI is InChI=1S/C6H7O3P.Mg/c7-10(8,9)6-4-2-1-3-5-6;/h1-5H,(H2,7,8,9);/q;+2/p-2. The monoisotopic (exact) mass is 180 g/mol. The van der Waals surface area contributed by atoms with Gasteiger partial charge in [0.2, 0.25) is 0 Å². The maximum atomic E-state index is 10.3. The van der Waals surface area contributed by atoms with E-state index in [-0.39, 0.29) is 28.4 Å². The molecule has 0 heterocycles. The van der Waals surface area contributed by atoms with Crippen molar-refractivity contribution in [2.45, 2.75) is 0 Å². The van der Waals surface area contributed by atoms with Crippen LogP contribution in [0.1, 0.15) is 0 Å². The van der Waals surface area contributed by atoms with Crippen LogP contribution in [0, 0.1) is 0 Å². The SMILES string of the molecule is O=P([O-])([O-])c1ccccc1.[Mg+2]. The van der Waals surface area contributed by atoms with Crippen molar-refractivity contribution in [2.24, 2.45) is 0 Å². The molecule has 1 aromatic rings. The van der Waals surface area contributed by atoms with Crippen molar-refractivity contribution in [2.75, 3.05) is 0 Å². The maximum absolute atomic E-state index is 10.3. The van der Waals surface area contributed by atoms with Crippen LogP contribution in [0.3, 0.4) is 0 Å². The molecule has 0 saturated heterocycles. The van der Waals surface area contributed by atoms with Crippen LogP contribution in [0.25, 0.3) is 0 Å². The number of hydrogen-bond acceptors (Lipinski definition) is 3. The molecule has 0 aromatic heterocycles. The Labute approximate surface area is 80.8 Å². The van der Waals surface area contributed by atoms with E-state index < -0.39 is 7.60 Å². The summed E-state index contributed by atoms with van der Waals surface area (Å²) in [4.78, 5) is 20.6. The zero-order chi connectivity index (χ0) is 7.61. The van der Waals surface area contributed by atoms with E-state index in [9.17, 15) is 14.4 Å². The first-order chi connectivity index (χ1) is 4.61. The summed E-state index contributed by atoms with van der Waals surface area (Å²) in [6.07, 6.45) is 0. The van der Waals surface area contributed by atoms with Crippen LogP contribution in [0.15, 0.2) is 30.3 Å². The summed E-state index contributed by atoms with van der Waals surface area (Å²) in [6, 6.07) is 7.23. The average molecular weight is 180 g/mol. The second-order valence-electron chi connectivity index (χ2n) is 1.83. The van der Waals surface area contributed by atoms with Gasteiger partial charge in [-0.3, -0.25) is 0 Å². The Balaban J connectivity index is 0.000001000. The van der Waals surface area contributed by atoms with E-state index in [1.807, 2.05) is 0 Å². The van der Waals surface area contributed by atoms with Crippen molar-refractivity contribution in [3.63, 3.8) is 0 Å². The molecular formula is C6H5MgO3P. The Bertz CT molecular complexity index is 256. The van der Waals surface area contributed by atoms with Gasteiger partial charge in [-0.15, -0.1) is 0 Å². The first kappa shape index (κ1) is 11.1. The van der Waals surface area contributed by atoms with Crippen LogP contribution in [-0.4, -0.2) is 23.1 Å². The van der Waals surface area contributed by atoms with Gasteiger partial charge in [-0.25, -0.2) is 0 Å².